The van der Waals surface area contributed by atoms with Crippen LogP contribution in [0.5, 0.6) is 0 Å². The SMILES string of the molecule is Cn1nccc1CN1C(=O)NC2(CCc3cc(Cl)ccc32)C1=O. The predicted molar refractivity (Wildman–Crippen MR) is 83.7 cm³/mol. The summed E-state index contributed by atoms with van der Waals surface area (Å²) in [6.45, 7) is 0.214. The van der Waals surface area contributed by atoms with E-state index in [-0.39, 0.29) is 18.5 Å². The number of rotatable bonds is 2. The standard InChI is InChI=1S/C16H15ClN4O2/c1-20-12(5-7-18-20)9-21-14(22)16(19-15(21)23)6-4-10-8-11(17)2-3-13(10)16/h2-3,5,7-8H,4,6,9H2,1H3,(H,19,23). The van der Waals surface area contributed by atoms with Gasteiger partial charge in [-0.05, 0) is 42.2 Å². The summed E-state index contributed by atoms with van der Waals surface area (Å²) in [5, 5.41) is 7.62. The third kappa shape index (κ3) is 1.98. The Morgan fingerprint density at radius 3 is 2.91 bits per heavy atom. The summed E-state index contributed by atoms with van der Waals surface area (Å²) in [6, 6.07) is 6.91. The number of hydrogen-bond acceptors (Lipinski definition) is 3. The van der Waals surface area contributed by atoms with Crippen LogP contribution in [0, 0.1) is 0 Å². The van der Waals surface area contributed by atoms with Crippen molar-refractivity contribution in [3.8, 4) is 0 Å². The van der Waals surface area contributed by atoms with E-state index in [1.807, 2.05) is 12.1 Å². The second-order valence-electron chi connectivity index (χ2n) is 5.97. The predicted octanol–water partition coefficient (Wildman–Crippen LogP) is 1.97. The molecule has 1 aromatic carbocycles. The largest absolute Gasteiger partial charge is 0.325 e. The van der Waals surface area contributed by atoms with Crippen molar-refractivity contribution in [2.24, 2.45) is 7.05 Å². The Labute approximate surface area is 138 Å². The van der Waals surface area contributed by atoms with Crippen LogP contribution in [0.15, 0.2) is 30.5 Å². The van der Waals surface area contributed by atoms with E-state index in [0.717, 1.165) is 23.2 Å². The fourth-order valence-electron chi connectivity index (χ4n) is 3.48. The Morgan fingerprint density at radius 1 is 1.35 bits per heavy atom. The van der Waals surface area contributed by atoms with Gasteiger partial charge in [-0.25, -0.2) is 4.79 Å². The minimum absolute atomic E-state index is 0.204. The number of nitrogens with one attached hydrogen (secondary N) is 1. The molecule has 1 aliphatic heterocycles. The van der Waals surface area contributed by atoms with E-state index in [0.29, 0.717) is 11.4 Å². The third-order valence-electron chi connectivity index (χ3n) is 4.71. The molecule has 0 bridgehead atoms. The smallest absolute Gasteiger partial charge is 0.319 e. The summed E-state index contributed by atoms with van der Waals surface area (Å²) < 4.78 is 1.66. The Balaban J connectivity index is 1.70. The lowest BCUT2D eigenvalue weighted by Crippen LogP contribution is -2.41. The maximum Gasteiger partial charge on any atom is 0.325 e. The van der Waals surface area contributed by atoms with Gasteiger partial charge >= 0.3 is 6.03 Å². The Bertz CT molecular complexity index is 831. The van der Waals surface area contributed by atoms with Crippen molar-refractivity contribution in [2.75, 3.05) is 0 Å². The zero-order chi connectivity index (χ0) is 16.2. The molecule has 1 fully saturated rings. The number of imide groups is 1. The van der Waals surface area contributed by atoms with Crippen molar-refractivity contribution < 1.29 is 9.59 Å². The van der Waals surface area contributed by atoms with Crippen molar-refractivity contribution >= 4 is 23.5 Å². The summed E-state index contributed by atoms with van der Waals surface area (Å²) in [4.78, 5) is 26.7. The van der Waals surface area contributed by atoms with Crippen LogP contribution in [-0.4, -0.2) is 26.6 Å². The zero-order valence-electron chi connectivity index (χ0n) is 12.5. The molecule has 3 amide bonds. The van der Waals surface area contributed by atoms with Gasteiger partial charge in [-0.3, -0.25) is 14.4 Å². The van der Waals surface area contributed by atoms with Crippen LogP contribution in [0.3, 0.4) is 0 Å². The number of urea groups is 1. The van der Waals surface area contributed by atoms with Gasteiger partial charge in [0.2, 0.25) is 0 Å². The van der Waals surface area contributed by atoms with E-state index in [2.05, 4.69) is 10.4 Å². The highest BCUT2D eigenvalue weighted by molar-refractivity contribution is 6.30. The number of amides is 3. The highest BCUT2D eigenvalue weighted by Gasteiger charge is 2.55. The van der Waals surface area contributed by atoms with Gasteiger partial charge < -0.3 is 5.32 Å². The molecule has 1 N–H and O–H groups in total. The first-order valence-electron chi connectivity index (χ1n) is 7.41. The zero-order valence-corrected chi connectivity index (χ0v) is 13.3. The highest BCUT2D eigenvalue weighted by atomic mass is 35.5. The maximum atomic E-state index is 13.0. The van der Waals surface area contributed by atoms with Gasteiger partial charge in [0.05, 0.1) is 12.2 Å². The minimum atomic E-state index is -0.949. The molecule has 0 radical (unpaired) electrons. The average Bonchev–Trinajstić information content (AvgIpc) is 3.14. The molecule has 2 heterocycles. The second-order valence-corrected chi connectivity index (χ2v) is 6.41. The van der Waals surface area contributed by atoms with Gasteiger partial charge in [-0.15, -0.1) is 0 Å². The number of halogens is 1. The number of hydrogen-bond donors (Lipinski definition) is 1. The van der Waals surface area contributed by atoms with Gasteiger partial charge in [0, 0.05) is 18.3 Å². The lowest BCUT2D eigenvalue weighted by molar-refractivity contribution is -0.132. The Hall–Kier alpha value is -2.34. The lowest BCUT2D eigenvalue weighted by Gasteiger charge is -2.22. The first kappa shape index (κ1) is 14.3. The average molecular weight is 331 g/mol. The molecular formula is C16H15ClN4O2. The fraction of sp³-hybridized carbons (Fsp3) is 0.312. The van der Waals surface area contributed by atoms with Crippen LogP contribution in [0.1, 0.15) is 23.2 Å². The molecule has 7 heteroatoms. The monoisotopic (exact) mass is 330 g/mol. The van der Waals surface area contributed by atoms with Gasteiger partial charge in [-0.2, -0.15) is 5.10 Å². The summed E-state index contributed by atoms with van der Waals surface area (Å²) >= 11 is 6.03. The molecule has 1 atom stereocenters. The number of carbonyl (C=O) groups is 2. The number of benzene rings is 1. The van der Waals surface area contributed by atoms with Gasteiger partial charge in [0.25, 0.3) is 5.91 Å². The van der Waals surface area contributed by atoms with Crippen LogP contribution in [0.2, 0.25) is 5.02 Å². The van der Waals surface area contributed by atoms with E-state index < -0.39 is 5.54 Å². The number of carbonyl (C=O) groups excluding carboxylic acids is 2. The number of fused-ring (bicyclic) bond motifs is 2. The van der Waals surface area contributed by atoms with Crippen molar-refractivity contribution in [1.29, 1.82) is 0 Å². The Kier molecular flexibility index (Phi) is 2.99. The minimum Gasteiger partial charge on any atom is -0.319 e. The molecule has 1 unspecified atom stereocenters. The maximum absolute atomic E-state index is 13.0. The van der Waals surface area contributed by atoms with E-state index in [1.54, 1.807) is 30.1 Å². The molecule has 2 aliphatic rings. The summed E-state index contributed by atoms with van der Waals surface area (Å²) in [7, 11) is 1.79. The number of nitrogens with zero attached hydrogens (tertiary/aromatic N) is 3. The molecule has 1 spiro atoms. The topological polar surface area (TPSA) is 67.2 Å². The summed E-state index contributed by atoms with van der Waals surface area (Å²) in [5.74, 6) is -0.204. The van der Waals surface area contributed by atoms with Gasteiger partial charge in [-0.1, -0.05) is 17.7 Å². The molecular weight excluding hydrogens is 316 g/mol. The molecule has 2 aromatic rings. The first-order valence-corrected chi connectivity index (χ1v) is 7.79. The van der Waals surface area contributed by atoms with Gasteiger partial charge in [0.1, 0.15) is 5.54 Å². The van der Waals surface area contributed by atoms with Crippen molar-refractivity contribution in [1.82, 2.24) is 20.0 Å². The normalized spacial score (nSPS) is 22.8. The van der Waals surface area contributed by atoms with Crippen molar-refractivity contribution in [3.63, 3.8) is 0 Å². The molecule has 118 valence electrons. The summed E-state index contributed by atoms with van der Waals surface area (Å²) in [6.07, 6.45) is 2.94. The summed E-state index contributed by atoms with van der Waals surface area (Å²) in [5.41, 5.74) is 1.73. The van der Waals surface area contributed by atoms with E-state index in [4.69, 9.17) is 11.6 Å². The quantitative estimate of drug-likeness (QED) is 0.856. The molecule has 1 aliphatic carbocycles. The van der Waals surface area contributed by atoms with E-state index in [1.165, 1.54) is 4.90 Å². The lowest BCUT2D eigenvalue weighted by atomic mass is 9.92. The van der Waals surface area contributed by atoms with Crippen LogP contribution in [0.4, 0.5) is 4.79 Å². The number of aromatic nitrogens is 2. The molecule has 1 saturated heterocycles. The third-order valence-corrected chi connectivity index (χ3v) is 4.95. The van der Waals surface area contributed by atoms with Crippen LogP contribution >= 0.6 is 11.6 Å². The number of aryl methyl sites for hydroxylation is 2. The molecule has 1 aromatic heterocycles. The van der Waals surface area contributed by atoms with E-state index in [9.17, 15) is 9.59 Å². The molecule has 6 nitrogen and oxygen atoms in total. The molecule has 4 rings (SSSR count). The fourth-order valence-corrected chi connectivity index (χ4v) is 3.68. The van der Waals surface area contributed by atoms with Gasteiger partial charge in [0.15, 0.2) is 0 Å². The van der Waals surface area contributed by atoms with E-state index >= 15 is 0 Å². The second kappa shape index (κ2) is 4.83. The van der Waals surface area contributed by atoms with Crippen LogP contribution in [-0.2, 0) is 30.3 Å². The molecule has 23 heavy (non-hydrogen) atoms. The highest BCUT2D eigenvalue weighted by Crippen LogP contribution is 2.42. The van der Waals surface area contributed by atoms with Crippen LogP contribution in [0.25, 0.3) is 0 Å². The first-order chi connectivity index (χ1) is 11.0. The Morgan fingerprint density at radius 2 is 2.17 bits per heavy atom. The van der Waals surface area contributed by atoms with Crippen molar-refractivity contribution in [2.45, 2.75) is 24.9 Å². The van der Waals surface area contributed by atoms with Crippen LogP contribution < -0.4 is 5.32 Å². The van der Waals surface area contributed by atoms with Crippen molar-refractivity contribution in [3.05, 3.63) is 52.3 Å². The molecule has 0 saturated carbocycles.